The van der Waals surface area contributed by atoms with Crippen LogP contribution in [0.5, 0.6) is 0 Å². The second-order valence-electron chi connectivity index (χ2n) is 3.14. The molecule has 1 heteroatoms. The lowest BCUT2D eigenvalue weighted by Crippen LogP contribution is -2.34. The largest absolute Gasteiger partial charge is 0.316 e. The lowest BCUT2D eigenvalue weighted by atomic mass is 9.86. The van der Waals surface area contributed by atoms with Crippen LogP contribution in [0.3, 0.4) is 0 Å². The maximum atomic E-state index is 3.42. The minimum Gasteiger partial charge on any atom is -0.316 e. The zero-order valence-electron chi connectivity index (χ0n) is 6.48. The minimum absolute atomic E-state index is 0.943. The van der Waals surface area contributed by atoms with Crippen molar-refractivity contribution in [3.63, 3.8) is 0 Å². The molecule has 0 radical (unpaired) electrons. The molecule has 0 saturated carbocycles. The summed E-state index contributed by atoms with van der Waals surface area (Å²) in [4.78, 5) is 0. The van der Waals surface area contributed by atoms with E-state index in [2.05, 4.69) is 19.2 Å². The molecule has 1 saturated heterocycles. The Morgan fingerprint density at radius 2 is 2.33 bits per heavy atom. The molecule has 1 nitrogen and oxygen atoms in total. The number of nitrogens with one attached hydrogen (secondary N) is 1. The first-order chi connectivity index (χ1) is 4.34. The third-order valence-electron chi connectivity index (χ3n) is 2.51. The molecular weight excluding hydrogens is 110 g/mol. The molecule has 0 bridgehead atoms. The summed E-state index contributed by atoms with van der Waals surface area (Å²) < 4.78 is 0. The van der Waals surface area contributed by atoms with E-state index in [9.17, 15) is 0 Å². The van der Waals surface area contributed by atoms with Gasteiger partial charge < -0.3 is 5.32 Å². The van der Waals surface area contributed by atoms with Gasteiger partial charge in [-0.25, -0.2) is 0 Å². The van der Waals surface area contributed by atoms with Crippen molar-refractivity contribution in [2.75, 3.05) is 13.1 Å². The molecule has 0 aromatic rings. The van der Waals surface area contributed by atoms with Crippen molar-refractivity contribution in [1.29, 1.82) is 0 Å². The molecule has 54 valence electrons. The molecule has 1 heterocycles. The third kappa shape index (κ3) is 1.68. The van der Waals surface area contributed by atoms with Gasteiger partial charge in [0.25, 0.3) is 0 Å². The van der Waals surface area contributed by atoms with Crippen LogP contribution in [-0.2, 0) is 0 Å². The second kappa shape index (κ2) is 3.21. The minimum atomic E-state index is 0.943. The Labute approximate surface area is 57.8 Å². The monoisotopic (exact) mass is 127 g/mol. The number of piperidine rings is 1. The topological polar surface area (TPSA) is 12.0 Å². The van der Waals surface area contributed by atoms with Crippen LogP contribution in [0.2, 0.25) is 0 Å². The molecule has 0 aromatic carbocycles. The molecule has 0 aromatic heterocycles. The Balaban J connectivity index is 2.30. The maximum absolute atomic E-state index is 3.42. The van der Waals surface area contributed by atoms with E-state index in [1.807, 2.05) is 0 Å². The Bertz CT molecular complexity index is 80.6. The van der Waals surface area contributed by atoms with Crippen molar-refractivity contribution in [1.82, 2.24) is 5.32 Å². The van der Waals surface area contributed by atoms with Gasteiger partial charge in [0.15, 0.2) is 0 Å². The quantitative estimate of drug-likeness (QED) is 0.564. The number of hydrogen-bond acceptors (Lipinski definition) is 1. The smallest absolute Gasteiger partial charge is 0.00181 e. The second-order valence-corrected chi connectivity index (χ2v) is 3.14. The van der Waals surface area contributed by atoms with Gasteiger partial charge in [0.1, 0.15) is 0 Å². The van der Waals surface area contributed by atoms with Gasteiger partial charge >= 0.3 is 0 Å². The Morgan fingerprint density at radius 3 is 2.78 bits per heavy atom. The van der Waals surface area contributed by atoms with Gasteiger partial charge in [-0.3, -0.25) is 0 Å². The number of rotatable bonds is 1. The van der Waals surface area contributed by atoms with Gasteiger partial charge in [0, 0.05) is 0 Å². The zero-order chi connectivity index (χ0) is 6.69. The van der Waals surface area contributed by atoms with Crippen molar-refractivity contribution >= 4 is 0 Å². The molecular formula is C8H17N. The Kier molecular flexibility index (Phi) is 2.52. The fourth-order valence-electron chi connectivity index (χ4n) is 1.60. The van der Waals surface area contributed by atoms with Crippen LogP contribution in [-0.4, -0.2) is 13.1 Å². The van der Waals surface area contributed by atoms with Crippen molar-refractivity contribution in [3.05, 3.63) is 0 Å². The molecule has 2 atom stereocenters. The van der Waals surface area contributed by atoms with Gasteiger partial charge in [-0.05, 0) is 31.3 Å². The molecule has 1 N–H and O–H groups in total. The van der Waals surface area contributed by atoms with Crippen molar-refractivity contribution < 1.29 is 0 Å². The zero-order valence-corrected chi connectivity index (χ0v) is 6.48. The first kappa shape index (κ1) is 7.07. The van der Waals surface area contributed by atoms with Crippen molar-refractivity contribution in [3.8, 4) is 0 Å². The van der Waals surface area contributed by atoms with E-state index in [4.69, 9.17) is 0 Å². The van der Waals surface area contributed by atoms with Crippen molar-refractivity contribution in [2.24, 2.45) is 11.8 Å². The third-order valence-corrected chi connectivity index (χ3v) is 2.51. The summed E-state index contributed by atoms with van der Waals surface area (Å²) in [6.07, 6.45) is 2.71. The molecule has 0 unspecified atom stereocenters. The van der Waals surface area contributed by atoms with E-state index in [0.717, 1.165) is 11.8 Å². The van der Waals surface area contributed by atoms with Gasteiger partial charge in [-0.1, -0.05) is 20.3 Å². The van der Waals surface area contributed by atoms with Gasteiger partial charge in [0.05, 0.1) is 0 Å². The highest BCUT2D eigenvalue weighted by Gasteiger charge is 2.18. The predicted molar refractivity (Wildman–Crippen MR) is 40.4 cm³/mol. The van der Waals surface area contributed by atoms with Crippen LogP contribution >= 0.6 is 0 Å². The van der Waals surface area contributed by atoms with E-state index >= 15 is 0 Å². The molecule has 9 heavy (non-hydrogen) atoms. The van der Waals surface area contributed by atoms with Crippen LogP contribution in [0.4, 0.5) is 0 Å². The van der Waals surface area contributed by atoms with Crippen LogP contribution in [0, 0.1) is 11.8 Å². The van der Waals surface area contributed by atoms with E-state index < -0.39 is 0 Å². The standard InChI is InChI=1S/C8H17N/c1-3-8-6-9-5-4-7(8)2/h7-9H,3-6H2,1-2H3/t7-,8+/m1/s1. The Morgan fingerprint density at radius 1 is 1.56 bits per heavy atom. The molecule has 1 fully saturated rings. The summed E-state index contributed by atoms with van der Waals surface area (Å²) in [6.45, 7) is 7.14. The fraction of sp³-hybridized carbons (Fsp3) is 1.00. The predicted octanol–water partition coefficient (Wildman–Crippen LogP) is 1.64. The first-order valence-electron chi connectivity index (χ1n) is 4.05. The van der Waals surface area contributed by atoms with E-state index in [-0.39, 0.29) is 0 Å². The van der Waals surface area contributed by atoms with E-state index in [1.165, 1.54) is 25.9 Å². The SMILES string of the molecule is CC[C@H]1CNCC[C@H]1C. The fourth-order valence-corrected chi connectivity index (χ4v) is 1.60. The summed E-state index contributed by atoms with van der Waals surface area (Å²) >= 11 is 0. The lowest BCUT2D eigenvalue weighted by Gasteiger charge is -2.28. The van der Waals surface area contributed by atoms with Gasteiger partial charge in [-0.15, -0.1) is 0 Å². The summed E-state index contributed by atoms with van der Waals surface area (Å²) in [5.74, 6) is 1.90. The molecule has 1 aliphatic rings. The van der Waals surface area contributed by atoms with Crippen LogP contribution in [0.1, 0.15) is 26.7 Å². The molecule has 1 aliphatic heterocycles. The van der Waals surface area contributed by atoms with E-state index in [1.54, 1.807) is 0 Å². The highest BCUT2D eigenvalue weighted by Crippen LogP contribution is 2.20. The number of hydrogen-bond donors (Lipinski definition) is 1. The summed E-state index contributed by atoms with van der Waals surface area (Å²) in [5.41, 5.74) is 0. The highest BCUT2D eigenvalue weighted by molar-refractivity contribution is 4.73. The summed E-state index contributed by atoms with van der Waals surface area (Å²) in [7, 11) is 0. The van der Waals surface area contributed by atoms with Gasteiger partial charge in [-0.2, -0.15) is 0 Å². The normalized spacial score (nSPS) is 36.7. The van der Waals surface area contributed by atoms with E-state index in [0.29, 0.717) is 0 Å². The summed E-state index contributed by atoms with van der Waals surface area (Å²) in [5, 5.41) is 3.42. The Hall–Kier alpha value is -0.0400. The highest BCUT2D eigenvalue weighted by atomic mass is 14.9. The molecule has 0 aliphatic carbocycles. The van der Waals surface area contributed by atoms with Crippen molar-refractivity contribution in [2.45, 2.75) is 26.7 Å². The van der Waals surface area contributed by atoms with Crippen LogP contribution in [0.25, 0.3) is 0 Å². The van der Waals surface area contributed by atoms with Gasteiger partial charge in [0.2, 0.25) is 0 Å². The van der Waals surface area contributed by atoms with Crippen LogP contribution < -0.4 is 5.32 Å². The lowest BCUT2D eigenvalue weighted by molar-refractivity contribution is 0.267. The first-order valence-corrected chi connectivity index (χ1v) is 4.05. The van der Waals surface area contributed by atoms with Crippen LogP contribution in [0.15, 0.2) is 0 Å². The summed E-state index contributed by atoms with van der Waals surface area (Å²) in [6, 6.07) is 0. The molecule has 0 spiro atoms. The molecule has 0 amide bonds. The molecule has 1 rings (SSSR count). The average Bonchev–Trinajstić information content (AvgIpc) is 1.89. The average molecular weight is 127 g/mol. The maximum Gasteiger partial charge on any atom is -0.00181 e.